The van der Waals surface area contributed by atoms with E-state index in [0.717, 1.165) is 19.3 Å². The number of carbonyl (C=O) groups excluding carboxylic acids is 3. The summed E-state index contributed by atoms with van der Waals surface area (Å²) in [5.74, 6) is -0.726. The van der Waals surface area contributed by atoms with Crippen LogP contribution in [0.15, 0.2) is 48.5 Å². The van der Waals surface area contributed by atoms with Crippen LogP contribution in [0.4, 0.5) is 4.39 Å². The Morgan fingerprint density at radius 1 is 0.914 bits per heavy atom. The highest BCUT2D eigenvalue weighted by atomic mass is 19.1. The molecule has 0 aliphatic carbocycles. The van der Waals surface area contributed by atoms with Crippen molar-refractivity contribution in [2.75, 3.05) is 33.3 Å². The Hall–Kier alpha value is -3.42. The molecule has 2 aromatic carbocycles. The Morgan fingerprint density at radius 2 is 1.57 bits per heavy atom. The van der Waals surface area contributed by atoms with Gasteiger partial charge in [0.25, 0.3) is 11.8 Å². The van der Waals surface area contributed by atoms with Crippen LogP contribution in [-0.2, 0) is 4.79 Å². The van der Waals surface area contributed by atoms with Crippen molar-refractivity contribution < 1.29 is 23.5 Å². The van der Waals surface area contributed by atoms with E-state index in [-0.39, 0.29) is 29.2 Å². The molecule has 0 aromatic heterocycles. The number of rotatable bonds is 6. The lowest BCUT2D eigenvalue weighted by Gasteiger charge is -2.38. The number of amides is 3. The highest BCUT2D eigenvalue weighted by molar-refractivity contribution is 5.98. The van der Waals surface area contributed by atoms with E-state index in [0.29, 0.717) is 50.3 Å². The molecular formula is C27H32FN3O4. The molecule has 1 N–H and O–H groups in total. The summed E-state index contributed by atoms with van der Waals surface area (Å²) in [6.45, 7) is 2.19. The summed E-state index contributed by atoms with van der Waals surface area (Å²) in [6.07, 6.45) is 4.12. The molecule has 2 fully saturated rings. The lowest BCUT2D eigenvalue weighted by atomic mass is 9.87. The molecule has 2 aliphatic heterocycles. The Morgan fingerprint density at radius 3 is 2.20 bits per heavy atom. The van der Waals surface area contributed by atoms with Crippen LogP contribution in [0.2, 0.25) is 0 Å². The van der Waals surface area contributed by atoms with Crippen molar-refractivity contribution in [1.82, 2.24) is 15.1 Å². The lowest BCUT2D eigenvalue weighted by molar-refractivity contribution is -0.136. The first-order chi connectivity index (χ1) is 17.0. The summed E-state index contributed by atoms with van der Waals surface area (Å²) < 4.78 is 19.3. The van der Waals surface area contributed by atoms with Gasteiger partial charge in [0, 0.05) is 31.7 Å². The van der Waals surface area contributed by atoms with Gasteiger partial charge >= 0.3 is 0 Å². The lowest BCUT2D eigenvalue weighted by Crippen LogP contribution is -2.55. The van der Waals surface area contributed by atoms with E-state index in [1.54, 1.807) is 48.4 Å². The number of piperidine rings is 2. The van der Waals surface area contributed by atoms with Gasteiger partial charge in [-0.15, -0.1) is 0 Å². The first kappa shape index (κ1) is 24.7. The summed E-state index contributed by atoms with van der Waals surface area (Å²) in [5, 5.41) is 2.99. The number of methoxy groups -OCH3 is 1. The van der Waals surface area contributed by atoms with Gasteiger partial charge in [0.1, 0.15) is 17.6 Å². The Labute approximate surface area is 205 Å². The number of halogens is 1. The van der Waals surface area contributed by atoms with Crippen molar-refractivity contribution in [3.63, 3.8) is 0 Å². The van der Waals surface area contributed by atoms with Crippen molar-refractivity contribution in [2.45, 2.75) is 38.1 Å². The number of ether oxygens (including phenoxy) is 1. The van der Waals surface area contributed by atoms with E-state index in [1.807, 2.05) is 4.90 Å². The number of nitrogens with one attached hydrogen (secondary N) is 1. The largest absolute Gasteiger partial charge is 0.497 e. The Kier molecular flexibility index (Phi) is 8.00. The third-order valence-electron chi connectivity index (χ3n) is 6.98. The molecule has 2 aromatic rings. The first-order valence-corrected chi connectivity index (χ1v) is 12.3. The van der Waals surface area contributed by atoms with Gasteiger partial charge in [-0.3, -0.25) is 14.4 Å². The predicted molar refractivity (Wildman–Crippen MR) is 130 cm³/mol. The van der Waals surface area contributed by atoms with Gasteiger partial charge in [-0.2, -0.15) is 0 Å². The third kappa shape index (κ3) is 5.81. The average molecular weight is 482 g/mol. The van der Waals surface area contributed by atoms with Gasteiger partial charge in [-0.05, 0) is 74.4 Å². The van der Waals surface area contributed by atoms with Crippen molar-refractivity contribution in [3.8, 4) is 5.75 Å². The molecule has 7 nitrogen and oxygen atoms in total. The smallest absolute Gasteiger partial charge is 0.256 e. The van der Waals surface area contributed by atoms with E-state index < -0.39 is 11.9 Å². The molecule has 2 aliphatic rings. The standard InChI is InChI=1S/C27H32FN3O4/c1-35-21-11-9-20(10-12-21)25(32)29-24(27(34)30-15-5-2-6-16-30)19-13-17-31(18-14-19)26(33)22-7-3-4-8-23(22)28/h3-4,7-12,19,24H,2,5-6,13-18H2,1H3,(H,29,32). The minimum Gasteiger partial charge on any atom is -0.497 e. The van der Waals surface area contributed by atoms with Crippen LogP contribution < -0.4 is 10.1 Å². The second kappa shape index (κ2) is 11.3. The van der Waals surface area contributed by atoms with Crippen LogP contribution in [-0.4, -0.2) is 66.9 Å². The zero-order valence-corrected chi connectivity index (χ0v) is 20.0. The summed E-state index contributed by atoms with van der Waals surface area (Å²) in [4.78, 5) is 42.9. The van der Waals surface area contributed by atoms with E-state index in [9.17, 15) is 18.8 Å². The second-order valence-corrected chi connectivity index (χ2v) is 9.18. The van der Waals surface area contributed by atoms with Gasteiger partial charge in [-0.1, -0.05) is 12.1 Å². The van der Waals surface area contributed by atoms with Crippen LogP contribution >= 0.6 is 0 Å². The van der Waals surface area contributed by atoms with E-state index in [1.165, 1.54) is 12.1 Å². The van der Waals surface area contributed by atoms with Crippen LogP contribution in [0.1, 0.15) is 52.8 Å². The molecule has 35 heavy (non-hydrogen) atoms. The molecule has 2 saturated heterocycles. The molecule has 0 bridgehead atoms. The first-order valence-electron chi connectivity index (χ1n) is 12.3. The fraction of sp³-hybridized carbons (Fsp3) is 0.444. The molecule has 0 spiro atoms. The van der Waals surface area contributed by atoms with Gasteiger partial charge in [0.2, 0.25) is 5.91 Å². The fourth-order valence-corrected chi connectivity index (χ4v) is 4.90. The van der Waals surface area contributed by atoms with Crippen molar-refractivity contribution in [3.05, 3.63) is 65.5 Å². The highest BCUT2D eigenvalue weighted by Crippen LogP contribution is 2.25. The Balaban J connectivity index is 1.47. The molecular weight excluding hydrogens is 449 g/mol. The summed E-state index contributed by atoms with van der Waals surface area (Å²) in [5.41, 5.74) is 0.508. The van der Waals surface area contributed by atoms with Gasteiger partial charge in [0.05, 0.1) is 12.7 Å². The molecule has 0 radical (unpaired) electrons. The van der Waals surface area contributed by atoms with E-state index >= 15 is 0 Å². The number of nitrogens with zero attached hydrogens (tertiary/aromatic N) is 2. The number of carbonyl (C=O) groups is 3. The van der Waals surface area contributed by atoms with Crippen molar-refractivity contribution in [2.24, 2.45) is 5.92 Å². The average Bonchev–Trinajstić information content (AvgIpc) is 2.92. The monoisotopic (exact) mass is 481 g/mol. The molecule has 4 rings (SSSR count). The molecule has 8 heteroatoms. The van der Waals surface area contributed by atoms with Crippen LogP contribution in [0.3, 0.4) is 0 Å². The third-order valence-corrected chi connectivity index (χ3v) is 6.98. The van der Waals surface area contributed by atoms with Gasteiger partial charge in [0.15, 0.2) is 0 Å². The molecule has 3 amide bonds. The topological polar surface area (TPSA) is 79.0 Å². The maximum absolute atomic E-state index is 14.1. The van der Waals surface area contributed by atoms with Gasteiger partial charge in [-0.25, -0.2) is 4.39 Å². The maximum atomic E-state index is 14.1. The maximum Gasteiger partial charge on any atom is 0.256 e. The quantitative estimate of drug-likeness (QED) is 0.685. The molecule has 0 saturated carbocycles. The SMILES string of the molecule is COc1ccc(C(=O)NC(C(=O)N2CCCCC2)C2CCN(C(=O)c3ccccc3F)CC2)cc1. The zero-order chi connectivity index (χ0) is 24.8. The highest BCUT2D eigenvalue weighted by Gasteiger charge is 2.37. The fourth-order valence-electron chi connectivity index (χ4n) is 4.90. The normalized spacial score (nSPS) is 17.5. The number of likely N-dealkylation sites (tertiary alicyclic amines) is 2. The summed E-state index contributed by atoms with van der Waals surface area (Å²) >= 11 is 0. The van der Waals surface area contributed by atoms with E-state index in [2.05, 4.69) is 5.32 Å². The molecule has 186 valence electrons. The van der Waals surface area contributed by atoms with Crippen molar-refractivity contribution >= 4 is 17.7 Å². The van der Waals surface area contributed by atoms with Gasteiger partial charge < -0.3 is 19.9 Å². The molecule has 1 unspecified atom stereocenters. The molecule has 2 heterocycles. The zero-order valence-electron chi connectivity index (χ0n) is 20.0. The second-order valence-electron chi connectivity index (χ2n) is 9.18. The Bertz CT molecular complexity index is 1040. The minimum atomic E-state index is -0.673. The van der Waals surface area contributed by atoms with Crippen molar-refractivity contribution in [1.29, 1.82) is 0 Å². The number of benzene rings is 2. The minimum absolute atomic E-state index is 0.0553. The summed E-state index contributed by atoms with van der Waals surface area (Å²) in [6, 6.07) is 12.1. The van der Waals surface area contributed by atoms with Crippen LogP contribution in [0.25, 0.3) is 0 Å². The number of hydrogen-bond acceptors (Lipinski definition) is 4. The van der Waals surface area contributed by atoms with E-state index in [4.69, 9.17) is 4.74 Å². The molecule has 1 atom stereocenters. The van der Waals surface area contributed by atoms with Crippen LogP contribution in [0, 0.1) is 11.7 Å². The van der Waals surface area contributed by atoms with Crippen LogP contribution in [0.5, 0.6) is 5.75 Å². The predicted octanol–water partition coefficient (Wildman–Crippen LogP) is 3.50. The number of hydrogen-bond donors (Lipinski definition) is 1. The summed E-state index contributed by atoms with van der Waals surface area (Å²) in [7, 11) is 1.56.